The summed E-state index contributed by atoms with van der Waals surface area (Å²) in [6.45, 7) is 9.18. The molecule has 0 atom stereocenters. The molecule has 2 aromatic carbocycles. The number of carbonyl (C=O) groups is 1. The predicted octanol–water partition coefficient (Wildman–Crippen LogP) is 3.84. The molecule has 7 heteroatoms. The van der Waals surface area contributed by atoms with Crippen LogP contribution >= 0.6 is 0 Å². The molecule has 1 aromatic heterocycles. The first-order chi connectivity index (χ1) is 13.1. The molecule has 0 saturated carbocycles. The second kappa shape index (κ2) is 7.41. The van der Waals surface area contributed by atoms with E-state index >= 15 is 0 Å². The summed E-state index contributed by atoms with van der Waals surface area (Å²) in [5.41, 5.74) is 6.10. The molecule has 0 radical (unpaired) electrons. The van der Waals surface area contributed by atoms with Gasteiger partial charge in [0.05, 0.1) is 4.90 Å². The van der Waals surface area contributed by atoms with E-state index in [-0.39, 0.29) is 17.3 Å². The number of aryl methyl sites for hydroxylation is 4. The van der Waals surface area contributed by atoms with Gasteiger partial charge in [-0.25, -0.2) is 13.1 Å². The number of rotatable bonds is 5. The Bertz CT molecular complexity index is 1180. The number of hydrogen-bond donors (Lipinski definition) is 3. The maximum atomic E-state index is 12.8. The van der Waals surface area contributed by atoms with Crippen LogP contribution in [-0.2, 0) is 21.4 Å². The molecular formula is C21H25N3O3S. The second-order valence-electron chi connectivity index (χ2n) is 7.19. The van der Waals surface area contributed by atoms with Crippen molar-refractivity contribution in [2.45, 2.75) is 46.1 Å². The van der Waals surface area contributed by atoms with E-state index in [9.17, 15) is 13.2 Å². The number of hydrogen-bond acceptors (Lipinski definition) is 3. The highest BCUT2D eigenvalue weighted by Gasteiger charge is 2.19. The normalized spacial score (nSPS) is 11.8. The molecule has 1 heterocycles. The number of sulfonamides is 1. The monoisotopic (exact) mass is 399 g/mol. The summed E-state index contributed by atoms with van der Waals surface area (Å²) in [5, 5.41) is 3.82. The number of amides is 1. The Morgan fingerprint density at radius 2 is 1.75 bits per heavy atom. The number of aromatic nitrogens is 1. The first kappa shape index (κ1) is 20.1. The van der Waals surface area contributed by atoms with Crippen LogP contribution in [0.25, 0.3) is 10.9 Å². The van der Waals surface area contributed by atoms with E-state index in [4.69, 9.17) is 0 Å². The highest BCUT2D eigenvalue weighted by atomic mass is 32.2. The van der Waals surface area contributed by atoms with Gasteiger partial charge in [-0.3, -0.25) is 4.79 Å². The minimum atomic E-state index is -3.69. The molecule has 0 saturated heterocycles. The topological polar surface area (TPSA) is 91.1 Å². The summed E-state index contributed by atoms with van der Waals surface area (Å²) >= 11 is 0. The average Bonchev–Trinajstić information content (AvgIpc) is 2.89. The lowest BCUT2D eigenvalue weighted by Gasteiger charge is -2.14. The lowest BCUT2D eigenvalue weighted by Crippen LogP contribution is -2.24. The maximum absolute atomic E-state index is 12.8. The molecule has 6 nitrogen and oxygen atoms in total. The predicted molar refractivity (Wildman–Crippen MR) is 112 cm³/mol. The summed E-state index contributed by atoms with van der Waals surface area (Å²) in [6.07, 6.45) is 0. The zero-order chi connectivity index (χ0) is 20.6. The third-order valence-electron chi connectivity index (χ3n) is 4.96. The highest BCUT2D eigenvalue weighted by molar-refractivity contribution is 7.89. The molecule has 28 heavy (non-hydrogen) atoms. The molecule has 0 aliphatic rings. The molecule has 0 spiro atoms. The summed E-state index contributed by atoms with van der Waals surface area (Å²) in [6, 6.07) is 9.17. The standard InChI is InChI=1S/C21H25N3O3S/c1-12-9-21(13(2)8-20(12)24-16(5)25)28(26,27)22-11-17-6-7-19-18(10-17)14(3)15(4)23-19/h6-10,22-23H,11H2,1-5H3,(H,24,25). The van der Waals surface area contributed by atoms with Gasteiger partial charge in [0.15, 0.2) is 0 Å². The van der Waals surface area contributed by atoms with Crippen LogP contribution in [0.15, 0.2) is 35.2 Å². The first-order valence-corrected chi connectivity index (χ1v) is 10.5. The number of fused-ring (bicyclic) bond motifs is 1. The number of benzene rings is 2. The second-order valence-corrected chi connectivity index (χ2v) is 8.93. The molecule has 0 unspecified atom stereocenters. The van der Waals surface area contributed by atoms with Crippen molar-refractivity contribution in [3.8, 4) is 0 Å². The number of anilines is 1. The van der Waals surface area contributed by atoms with Gasteiger partial charge in [0.2, 0.25) is 15.9 Å². The molecule has 0 bridgehead atoms. The van der Waals surface area contributed by atoms with Crippen LogP contribution in [0.1, 0.15) is 34.9 Å². The van der Waals surface area contributed by atoms with Gasteiger partial charge in [-0.1, -0.05) is 6.07 Å². The van der Waals surface area contributed by atoms with Gasteiger partial charge in [0.1, 0.15) is 0 Å². The van der Waals surface area contributed by atoms with Crippen LogP contribution in [0.3, 0.4) is 0 Å². The molecule has 3 aromatic rings. The lowest BCUT2D eigenvalue weighted by molar-refractivity contribution is -0.114. The molecule has 3 rings (SSSR count). The minimum Gasteiger partial charge on any atom is -0.358 e. The molecule has 0 fully saturated rings. The smallest absolute Gasteiger partial charge is 0.241 e. The summed E-state index contributed by atoms with van der Waals surface area (Å²) in [7, 11) is -3.69. The number of aromatic amines is 1. The first-order valence-electron chi connectivity index (χ1n) is 9.05. The minimum absolute atomic E-state index is 0.193. The van der Waals surface area contributed by atoms with Crippen molar-refractivity contribution in [3.63, 3.8) is 0 Å². The van der Waals surface area contributed by atoms with E-state index < -0.39 is 10.0 Å². The van der Waals surface area contributed by atoms with Crippen LogP contribution in [0.2, 0.25) is 0 Å². The Hall–Kier alpha value is -2.64. The third kappa shape index (κ3) is 3.95. The van der Waals surface area contributed by atoms with E-state index in [2.05, 4.69) is 15.0 Å². The van der Waals surface area contributed by atoms with Crippen LogP contribution < -0.4 is 10.0 Å². The van der Waals surface area contributed by atoms with Gasteiger partial charge in [0.25, 0.3) is 0 Å². The molecule has 0 aliphatic carbocycles. The fourth-order valence-corrected chi connectivity index (χ4v) is 4.60. The Labute approximate surface area is 165 Å². The molecule has 0 aliphatic heterocycles. The summed E-state index contributed by atoms with van der Waals surface area (Å²) in [5.74, 6) is -0.193. The van der Waals surface area contributed by atoms with Crippen molar-refractivity contribution < 1.29 is 13.2 Å². The van der Waals surface area contributed by atoms with E-state index in [1.807, 2.05) is 32.0 Å². The van der Waals surface area contributed by atoms with Crippen molar-refractivity contribution in [1.29, 1.82) is 0 Å². The van der Waals surface area contributed by atoms with E-state index in [0.717, 1.165) is 22.2 Å². The number of nitrogens with one attached hydrogen (secondary N) is 3. The van der Waals surface area contributed by atoms with Crippen molar-refractivity contribution in [3.05, 3.63) is 58.3 Å². The maximum Gasteiger partial charge on any atom is 0.241 e. The Kier molecular flexibility index (Phi) is 5.32. The van der Waals surface area contributed by atoms with Crippen molar-refractivity contribution in [2.24, 2.45) is 0 Å². The van der Waals surface area contributed by atoms with Crippen LogP contribution in [0.5, 0.6) is 0 Å². The van der Waals surface area contributed by atoms with Gasteiger partial charge in [-0.15, -0.1) is 0 Å². The van der Waals surface area contributed by atoms with E-state index in [1.165, 1.54) is 12.5 Å². The Morgan fingerprint density at radius 1 is 1.04 bits per heavy atom. The SMILES string of the molecule is CC(=O)Nc1cc(C)c(S(=O)(=O)NCc2ccc3[nH]c(C)c(C)c3c2)cc1C. The van der Waals surface area contributed by atoms with Gasteiger partial charge in [0, 0.05) is 35.8 Å². The van der Waals surface area contributed by atoms with Gasteiger partial charge < -0.3 is 10.3 Å². The lowest BCUT2D eigenvalue weighted by atomic mass is 10.1. The zero-order valence-corrected chi connectivity index (χ0v) is 17.5. The van der Waals surface area contributed by atoms with E-state index in [0.29, 0.717) is 16.8 Å². The van der Waals surface area contributed by atoms with Gasteiger partial charge >= 0.3 is 0 Å². The highest BCUT2D eigenvalue weighted by Crippen LogP contribution is 2.25. The Balaban J connectivity index is 1.85. The quantitative estimate of drug-likeness (QED) is 0.609. The van der Waals surface area contributed by atoms with Gasteiger partial charge in [-0.2, -0.15) is 0 Å². The largest absolute Gasteiger partial charge is 0.358 e. The van der Waals surface area contributed by atoms with Crippen LogP contribution in [0.4, 0.5) is 5.69 Å². The van der Waals surface area contributed by atoms with Crippen LogP contribution in [0, 0.1) is 27.7 Å². The van der Waals surface area contributed by atoms with Gasteiger partial charge in [-0.05, 0) is 74.2 Å². The van der Waals surface area contributed by atoms with E-state index in [1.54, 1.807) is 26.0 Å². The fourth-order valence-electron chi connectivity index (χ4n) is 3.28. The fraction of sp³-hybridized carbons (Fsp3) is 0.286. The third-order valence-corrected chi connectivity index (χ3v) is 6.50. The molecule has 148 valence electrons. The average molecular weight is 400 g/mol. The van der Waals surface area contributed by atoms with Crippen molar-refractivity contribution >= 4 is 32.5 Å². The van der Waals surface area contributed by atoms with Crippen LogP contribution in [-0.4, -0.2) is 19.3 Å². The molecule has 1 amide bonds. The number of carbonyl (C=O) groups excluding carboxylic acids is 1. The number of H-pyrrole nitrogens is 1. The molecule has 3 N–H and O–H groups in total. The summed E-state index contributed by atoms with van der Waals surface area (Å²) in [4.78, 5) is 14.8. The molecular weight excluding hydrogens is 374 g/mol. The zero-order valence-electron chi connectivity index (χ0n) is 16.7. The Morgan fingerprint density at radius 3 is 2.43 bits per heavy atom. The van der Waals surface area contributed by atoms with Crippen molar-refractivity contribution in [2.75, 3.05) is 5.32 Å². The summed E-state index contributed by atoms with van der Waals surface area (Å²) < 4.78 is 28.4. The van der Waals surface area contributed by atoms with Crippen molar-refractivity contribution in [1.82, 2.24) is 9.71 Å².